The standard InChI is InChI=1S/C12H18N2O/c1-5-14-9(4)12(8(3)13-14)10-6-11(15)7(10)2/h7,10H,5-6H2,1-4H3. The first-order chi connectivity index (χ1) is 7.06. The second-order valence-electron chi connectivity index (χ2n) is 4.47. The molecule has 0 aliphatic heterocycles. The van der Waals surface area contributed by atoms with Crippen LogP contribution in [0.2, 0.25) is 0 Å². The van der Waals surface area contributed by atoms with Gasteiger partial charge >= 0.3 is 0 Å². The fraction of sp³-hybridized carbons (Fsp3) is 0.667. The number of carbonyl (C=O) groups excluding carboxylic acids is 1. The molecule has 0 aromatic carbocycles. The Morgan fingerprint density at radius 3 is 2.53 bits per heavy atom. The van der Waals surface area contributed by atoms with Gasteiger partial charge in [0, 0.05) is 36.1 Å². The van der Waals surface area contributed by atoms with Crippen LogP contribution in [0.25, 0.3) is 0 Å². The maximum atomic E-state index is 11.3. The van der Waals surface area contributed by atoms with Crippen LogP contribution in [0.1, 0.15) is 43.1 Å². The minimum absolute atomic E-state index is 0.192. The summed E-state index contributed by atoms with van der Waals surface area (Å²) >= 11 is 0. The molecule has 2 atom stereocenters. The zero-order valence-corrected chi connectivity index (χ0v) is 9.87. The van der Waals surface area contributed by atoms with Crippen LogP contribution in [0.4, 0.5) is 0 Å². The highest BCUT2D eigenvalue weighted by atomic mass is 16.1. The van der Waals surface area contributed by atoms with Gasteiger partial charge in [-0.25, -0.2) is 0 Å². The summed E-state index contributed by atoms with van der Waals surface area (Å²) in [6, 6.07) is 0. The van der Waals surface area contributed by atoms with E-state index in [4.69, 9.17) is 0 Å². The summed E-state index contributed by atoms with van der Waals surface area (Å²) in [5.41, 5.74) is 3.64. The van der Waals surface area contributed by atoms with Crippen molar-refractivity contribution in [3.63, 3.8) is 0 Å². The van der Waals surface area contributed by atoms with E-state index >= 15 is 0 Å². The van der Waals surface area contributed by atoms with E-state index in [1.807, 2.05) is 18.5 Å². The van der Waals surface area contributed by atoms with Crippen molar-refractivity contribution in [2.24, 2.45) is 5.92 Å². The van der Waals surface area contributed by atoms with Crippen LogP contribution in [-0.2, 0) is 11.3 Å². The molecule has 1 fully saturated rings. The molecule has 1 heterocycles. The SMILES string of the molecule is CCn1nc(C)c(C2CC(=O)C2C)c1C. The first kappa shape index (κ1) is 10.4. The molecule has 82 valence electrons. The quantitative estimate of drug-likeness (QED) is 0.743. The van der Waals surface area contributed by atoms with Crippen molar-refractivity contribution in [1.82, 2.24) is 9.78 Å². The summed E-state index contributed by atoms with van der Waals surface area (Å²) in [6.45, 7) is 9.18. The van der Waals surface area contributed by atoms with Crippen LogP contribution in [0.3, 0.4) is 0 Å². The summed E-state index contributed by atoms with van der Waals surface area (Å²) in [6.07, 6.45) is 0.707. The predicted molar refractivity (Wildman–Crippen MR) is 58.9 cm³/mol. The topological polar surface area (TPSA) is 34.9 Å². The summed E-state index contributed by atoms with van der Waals surface area (Å²) in [7, 11) is 0. The third-order valence-corrected chi connectivity index (χ3v) is 3.64. The smallest absolute Gasteiger partial charge is 0.136 e. The van der Waals surface area contributed by atoms with Gasteiger partial charge in [0.05, 0.1) is 5.69 Å². The normalized spacial score (nSPS) is 25.5. The van der Waals surface area contributed by atoms with Gasteiger partial charge in [0.25, 0.3) is 0 Å². The van der Waals surface area contributed by atoms with Gasteiger partial charge in [-0.1, -0.05) is 6.92 Å². The van der Waals surface area contributed by atoms with Gasteiger partial charge in [0.2, 0.25) is 0 Å². The van der Waals surface area contributed by atoms with E-state index in [0.717, 1.165) is 12.2 Å². The number of rotatable bonds is 2. The molecule has 3 nitrogen and oxygen atoms in total. The molecule has 2 rings (SSSR count). The van der Waals surface area contributed by atoms with Crippen molar-refractivity contribution in [3.8, 4) is 0 Å². The molecular formula is C12H18N2O. The minimum atomic E-state index is 0.192. The monoisotopic (exact) mass is 206 g/mol. The van der Waals surface area contributed by atoms with Crippen LogP contribution in [0.5, 0.6) is 0 Å². The summed E-state index contributed by atoms with van der Waals surface area (Å²) in [4.78, 5) is 11.3. The lowest BCUT2D eigenvalue weighted by Crippen LogP contribution is -2.33. The predicted octanol–water partition coefficient (Wildman–Crippen LogP) is 2.21. The Bertz CT molecular complexity index is 406. The van der Waals surface area contributed by atoms with Gasteiger partial charge < -0.3 is 0 Å². The zero-order valence-electron chi connectivity index (χ0n) is 9.87. The molecule has 0 bridgehead atoms. The number of Topliss-reactive ketones (excluding diaryl/α,β-unsaturated/α-hetero) is 1. The molecular weight excluding hydrogens is 188 g/mol. The second kappa shape index (κ2) is 3.47. The van der Waals surface area contributed by atoms with Crippen molar-refractivity contribution in [3.05, 3.63) is 17.0 Å². The fourth-order valence-corrected chi connectivity index (χ4v) is 2.55. The lowest BCUT2D eigenvalue weighted by atomic mass is 9.69. The summed E-state index contributed by atoms with van der Waals surface area (Å²) in [5, 5.41) is 4.50. The molecule has 0 N–H and O–H groups in total. The molecule has 0 radical (unpaired) electrons. The van der Waals surface area contributed by atoms with Crippen LogP contribution in [0.15, 0.2) is 0 Å². The van der Waals surface area contributed by atoms with Gasteiger partial charge in [0.15, 0.2) is 0 Å². The first-order valence-corrected chi connectivity index (χ1v) is 5.62. The maximum Gasteiger partial charge on any atom is 0.136 e. The average molecular weight is 206 g/mol. The molecule has 15 heavy (non-hydrogen) atoms. The van der Waals surface area contributed by atoms with Crippen molar-refractivity contribution in [2.45, 2.75) is 46.6 Å². The lowest BCUT2D eigenvalue weighted by molar-refractivity contribution is -0.130. The third kappa shape index (κ3) is 1.41. The Kier molecular flexibility index (Phi) is 2.41. The van der Waals surface area contributed by atoms with E-state index in [2.05, 4.69) is 18.9 Å². The Labute approximate surface area is 90.5 Å². The number of nitrogens with zero attached hydrogens (tertiary/aromatic N) is 2. The minimum Gasteiger partial charge on any atom is -0.299 e. The number of hydrogen-bond donors (Lipinski definition) is 0. The Hall–Kier alpha value is -1.12. The van der Waals surface area contributed by atoms with Crippen molar-refractivity contribution < 1.29 is 4.79 Å². The van der Waals surface area contributed by atoms with Crippen molar-refractivity contribution in [1.29, 1.82) is 0 Å². The number of aryl methyl sites for hydroxylation is 2. The summed E-state index contributed by atoms with van der Waals surface area (Å²) in [5.74, 6) is 0.998. The van der Waals surface area contributed by atoms with Gasteiger partial charge in [-0.15, -0.1) is 0 Å². The van der Waals surface area contributed by atoms with Crippen LogP contribution >= 0.6 is 0 Å². The molecule has 0 saturated heterocycles. The average Bonchev–Trinajstić information content (AvgIpc) is 2.50. The number of ketones is 1. The molecule has 1 aliphatic carbocycles. The molecule has 0 amide bonds. The molecule has 2 unspecified atom stereocenters. The molecule has 3 heteroatoms. The van der Waals surface area contributed by atoms with Crippen LogP contribution < -0.4 is 0 Å². The third-order valence-electron chi connectivity index (χ3n) is 3.64. The maximum absolute atomic E-state index is 11.3. The molecule has 1 aromatic heterocycles. The van der Waals surface area contributed by atoms with Gasteiger partial charge in [-0.05, 0) is 20.8 Å². The molecule has 1 saturated carbocycles. The highest BCUT2D eigenvalue weighted by molar-refractivity contribution is 5.89. The first-order valence-electron chi connectivity index (χ1n) is 5.62. The number of aromatic nitrogens is 2. The van der Waals surface area contributed by atoms with E-state index in [1.165, 1.54) is 11.3 Å². The highest BCUT2D eigenvalue weighted by Gasteiger charge is 2.39. The van der Waals surface area contributed by atoms with E-state index in [9.17, 15) is 4.79 Å². The van der Waals surface area contributed by atoms with E-state index in [1.54, 1.807) is 0 Å². The molecule has 1 aliphatic rings. The van der Waals surface area contributed by atoms with E-state index in [0.29, 0.717) is 18.1 Å². The van der Waals surface area contributed by atoms with Gasteiger partial charge in [-0.2, -0.15) is 5.10 Å². The Morgan fingerprint density at radius 2 is 2.13 bits per heavy atom. The molecule has 0 spiro atoms. The van der Waals surface area contributed by atoms with Gasteiger partial charge in [-0.3, -0.25) is 9.48 Å². The molecule has 1 aromatic rings. The largest absolute Gasteiger partial charge is 0.299 e. The highest BCUT2D eigenvalue weighted by Crippen LogP contribution is 2.41. The Balaban J connectivity index is 2.36. The van der Waals surface area contributed by atoms with E-state index in [-0.39, 0.29) is 5.92 Å². The van der Waals surface area contributed by atoms with Crippen LogP contribution in [0, 0.1) is 19.8 Å². The zero-order chi connectivity index (χ0) is 11.2. The van der Waals surface area contributed by atoms with E-state index < -0.39 is 0 Å². The summed E-state index contributed by atoms with van der Waals surface area (Å²) < 4.78 is 2.03. The lowest BCUT2D eigenvalue weighted by Gasteiger charge is -2.32. The fourth-order valence-electron chi connectivity index (χ4n) is 2.55. The van der Waals surface area contributed by atoms with Gasteiger partial charge in [0.1, 0.15) is 5.78 Å². The Morgan fingerprint density at radius 1 is 1.47 bits per heavy atom. The number of hydrogen-bond acceptors (Lipinski definition) is 2. The van der Waals surface area contributed by atoms with Crippen molar-refractivity contribution >= 4 is 5.78 Å². The second-order valence-corrected chi connectivity index (χ2v) is 4.47. The van der Waals surface area contributed by atoms with Crippen molar-refractivity contribution in [2.75, 3.05) is 0 Å². The van der Waals surface area contributed by atoms with Crippen LogP contribution in [-0.4, -0.2) is 15.6 Å². The number of carbonyl (C=O) groups is 1.